The molecule has 0 spiro atoms. The van der Waals surface area contributed by atoms with E-state index in [2.05, 4.69) is 41.5 Å². The van der Waals surface area contributed by atoms with Gasteiger partial charge in [0, 0.05) is 18.3 Å². The van der Waals surface area contributed by atoms with Gasteiger partial charge in [0.1, 0.15) is 0 Å². The minimum atomic E-state index is -0.693. The SMILES string of the molecule is CC(C)(CO)CO.CC(CC(=O)O)CC(C)(C)C.CC(CC(=O)O)CC(C)(C)C. The third kappa shape index (κ3) is 31.8. The first-order chi connectivity index (χ1) is 12.7. The lowest BCUT2D eigenvalue weighted by molar-refractivity contribution is -0.139. The molecule has 0 bridgehead atoms. The molecule has 0 aliphatic rings. The molecule has 0 fully saturated rings. The van der Waals surface area contributed by atoms with E-state index in [1.165, 1.54) is 0 Å². The van der Waals surface area contributed by atoms with Crippen molar-refractivity contribution < 1.29 is 30.0 Å². The van der Waals surface area contributed by atoms with E-state index in [1.54, 1.807) is 13.8 Å². The van der Waals surface area contributed by atoms with Crippen LogP contribution in [0.5, 0.6) is 0 Å². The van der Waals surface area contributed by atoms with Crippen molar-refractivity contribution in [3.63, 3.8) is 0 Å². The summed E-state index contributed by atoms with van der Waals surface area (Å²) in [5.74, 6) is -0.816. The first-order valence-electron chi connectivity index (χ1n) is 10.4. The van der Waals surface area contributed by atoms with Gasteiger partial charge in [-0.25, -0.2) is 0 Å². The van der Waals surface area contributed by atoms with Crippen molar-refractivity contribution >= 4 is 11.9 Å². The molecule has 0 amide bonds. The highest BCUT2D eigenvalue weighted by molar-refractivity contribution is 5.67. The maximum Gasteiger partial charge on any atom is 0.303 e. The second-order valence-corrected chi connectivity index (χ2v) is 11.4. The van der Waals surface area contributed by atoms with Crippen LogP contribution in [-0.4, -0.2) is 45.6 Å². The van der Waals surface area contributed by atoms with E-state index < -0.39 is 11.9 Å². The average molecular weight is 421 g/mol. The average Bonchev–Trinajstić information content (AvgIpc) is 2.42. The van der Waals surface area contributed by atoms with Gasteiger partial charge in [-0.1, -0.05) is 69.2 Å². The zero-order valence-electron chi connectivity index (χ0n) is 20.5. The Kier molecular flexibility index (Phi) is 16.6. The number of aliphatic hydroxyl groups is 2. The van der Waals surface area contributed by atoms with Gasteiger partial charge in [-0.15, -0.1) is 0 Å². The van der Waals surface area contributed by atoms with E-state index >= 15 is 0 Å². The normalized spacial score (nSPS) is 13.9. The number of carboxylic acid groups (broad SMARTS) is 2. The number of rotatable bonds is 8. The fourth-order valence-electron chi connectivity index (χ4n) is 2.88. The van der Waals surface area contributed by atoms with Crippen LogP contribution < -0.4 is 0 Å². The van der Waals surface area contributed by atoms with Gasteiger partial charge in [-0.2, -0.15) is 0 Å². The van der Waals surface area contributed by atoms with E-state index in [-0.39, 0.29) is 54.1 Å². The second-order valence-electron chi connectivity index (χ2n) is 11.4. The summed E-state index contributed by atoms with van der Waals surface area (Å²) in [5.41, 5.74) is 0.184. The number of aliphatic carboxylic acids is 2. The van der Waals surface area contributed by atoms with E-state index in [0.717, 1.165) is 12.8 Å². The standard InChI is InChI=1S/2C9H18O2.C5H12O2/c2*1-7(5-8(10)11)6-9(2,3)4;1-5(2,3-6)4-7/h2*7H,5-6H2,1-4H3,(H,10,11);6-7H,3-4H2,1-2H3. The quantitative estimate of drug-likeness (QED) is 0.436. The first-order valence-corrected chi connectivity index (χ1v) is 10.4. The van der Waals surface area contributed by atoms with E-state index in [9.17, 15) is 9.59 Å². The number of carbonyl (C=O) groups is 2. The summed E-state index contributed by atoms with van der Waals surface area (Å²) in [7, 11) is 0. The van der Waals surface area contributed by atoms with Crippen LogP contribution in [0.15, 0.2) is 0 Å². The molecule has 0 aromatic carbocycles. The lowest BCUT2D eigenvalue weighted by atomic mass is 9.84. The Hall–Kier alpha value is -1.14. The molecule has 0 aromatic rings. The smallest absolute Gasteiger partial charge is 0.303 e. The van der Waals surface area contributed by atoms with Crippen molar-refractivity contribution in [1.29, 1.82) is 0 Å². The van der Waals surface area contributed by atoms with Gasteiger partial charge in [0.2, 0.25) is 0 Å². The van der Waals surface area contributed by atoms with Gasteiger partial charge in [0.25, 0.3) is 0 Å². The molecule has 176 valence electrons. The topological polar surface area (TPSA) is 115 Å². The third-order valence-corrected chi connectivity index (χ3v) is 3.82. The van der Waals surface area contributed by atoms with Crippen molar-refractivity contribution in [3.05, 3.63) is 0 Å². The summed E-state index contributed by atoms with van der Waals surface area (Å²) < 4.78 is 0. The summed E-state index contributed by atoms with van der Waals surface area (Å²) in [6, 6.07) is 0. The molecule has 29 heavy (non-hydrogen) atoms. The zero-order valence-corrected chi connectivity index (χ0v) is 20.5. The second kappa shape index (κ2) is 14.8. The summed E-state index contributed by atoms with van der Waals surface area (Å²) in [4.78, 5) is 20.6. The number of hydrogen-bond donors (Lipinski definition) is 4. The lowest BCUT2D eigenvalue weighted by Crippen LogP contribution is -2.20. The van der Waals surface area contributed by atoms with E-state index in [1.807, 2.05) is 13.8 Å². The summed E-state index contributed by atoms with van der Waals surface area (Å²) in [6.45, 7) is 20.4. The van der Waals surface area contributed by atoms with Crippen molar-refractivity contribution in [1.82, 2.24) is 0 Å². The molecule has 0 saturated carbocycles. The monoisotopic (exact) mass is 420 g/mol. The molecule has 0 heterocycles. The predicted octanol–water partition coefficient (Wildman–Crippen LogP) is 5.06. The van der Waals surface area contributed by atoms with Crippen LogP contribution >= 0.6 is 0 Å². The van der Waals surface area contributed by atoms with Crippen molar-refractivity contribution in [2.24, 2.45) is 28.1 Å². The summed E-state index contributed by atoms with van der Waals surface area (Å²) in [5, 5.41) is 33.8. The van der Waals surface area contributed by atoms with Crippen LogP contribution in [0.4, 0.5) is 0 Å². The minimum absolute atomic E-state index is 0.0451. The summed E-state index contributed by atoms with van der Waals surface area (Å²) in [6.07, 6.45) is 2.52. The minimum Gasteiger partial charge on any atom is -0.481 e. The van der Waals surface area contributed by atoms with Crippen molar-refractivity contribution in [2.75, 3.05) is 13.2 Å². The molecule has 2 atom stereocenters. The van der Waals surface area contributed by atoms with Gasteiger partial charge in [0.05, 0.1) is 13.2 Å². The fraction of sp³-hybridized carbons (Fsp3) is 0.913. The number of aliphatic hydroxyl groups excluding tert-OH is 2. The van der Waals surface area contributed by atoms with Crippen LogP contribution in [0.2, 0.25) is 0 Å². The van der Waals surface area contributed by atoms with E-state index in [4.69, 9.17) is 20.4 Å². The Morgan fingerprint density at radius 1 is 0.655 bits per heavy atom. The van der Waals surface area contributed by atoms with E-state index in [0.29, 0.717) is 0 Å². The maximum absolute atomic E-state index is 10.3. The van der Waals surface area contributed by atoms with Crippen LogP contribution in [0.3, 0.4) is 0 Å². The molecule has 2 unspecified atom stereocenters. The summed E-state index contributed by atoms with van der Waals surface area (Å²) >= 11 is 0. The molecule has 0 saturated heterocycles. The highest BCUT2D eigenvalue weighted by atomic mass is 16.4. The molecule has 0 aromatic heterocycles. The fourth-order valence-corrected chi connectivity index (χ4v) is 2.88. The Morgan fingerprint density at radius 2 is 0.897 bits per heavy atom. The molecule has 0 rings (SSSR count). The van der Waals surface area contributed by atoms with Crippen LogP contribution in [0.25, 0.3) is 0 Å². The molecule has 6 heteroatoms. The van der Waals surface area contributed by atoms with Crippen LogP contribution in [0, 0.1) is 28.1 Å². The van der Waals surface area contributed by atoms with Gasteiger partial charge in [-0.3, -0.25) is 9.59 Å². The first kappa shape index (κ1) is 32.5. The molecule has 6 nitrogen and oxygen atoms in total. The maximum atomic E-state index is 10.3. The van der Waals surface area contributed by atoms with Crippen molar-refractivity contribution in [3.8, 4) is 0 Å². The molecular formula is C23H48O6. The molecule has 0 radical (unpaired) electrons. The van der Waals surface area contributed by atoms with Crippen molar-refractivity contribution in [2.45, 2.75) is 94.9 Å². The highest BCUT2D eigenvalue weighted by Crippen LogP contribution is 2.26. The third-order valence-electron chi connectivity index (χ3n) is 3.82. The Labute approximate surface area is 178 Å². The largest absolute Gasteiger partial charge is 0.481 e. The zero-order chi connectivity index (χ0) is 24.1. The molecular weight excluding hydrogens is 372 g/mol. The predicted molar refractivity (Wildman–Crippen MR) is 119 cm³/mol. The Bertz CT molecular complexity index is 403. The van der Waals surface area contributed by atoms with Gasteiger partial charge in [-0.05, 0) is 35.5 Å². The highest BCUT2D eigenvalue weighted by Gasteiger charge is 2.17. The Balaban J connectivity index is -0.000000360. The molecule has 4 N–H and O–H groups in total. The van der Waals surface area contributed by atoms with Gasteiger partial charge in [0.15, 0.2) is 0 Å². The Morgan fingerprint density at radius 3 is 1.00 bits per heavy atom. The van der Waals surface area contributed by atoms with Gasteiger partial charge >= 0.3 is 11.9 Å². The number of hydrogen-bond acceptors (Lipinski definition) is 4. The van der Waals surface area contributed by atoms with Gasteiger partial charge < -0.3 is 20.4 Å². The molecule has 0 aliphatic carbocycles. The molecule has 0 aliphatic heterocycles. The van der Waals surface area contributed by atoms with Crippen LogP contribution in [0.1, 0.15) is 94.9 Å². The van der Waals surface area contributed by atoms with Crippen LogP contribution in [-0.2, 0) is 9.59 Å². The number of carboxylic acids is 2. The lowest BCUT2D eigenvalue weighted by Gasteiger charge is -2.21.